The third-order valence-corrected chi connectivity index (χ3v) is 5.70. The van der Waals surface area contributed by atoms with E-state index in [-0.39, 0.29) is 0 Å². The summed E-state index contributed by atoms with van der Waals surface area (Å²) < 4.78 is 18.3. The third-order valence-electron chi connectivity index (χ3n) is 4.96. The van der Waals surface area contributed by atoms with Gasteiger partial charge in [0, 0.05) is 36.3 Å². The Bertz CT molecular complexity index is 774. The number of halogens is 1. The maximum atomic E-state index is 5.89. The van der Waals surface area contributed by atoms with Crippen LogP contribution >= 0.6 is 15.9 Å². The molecule has 138 valence electrons. The van der Waals surface area contributed by atoms with Crippen LogP contribution in [0.15, 0.2) is 40.9 Å². The van der Waals surface area contributed by atoms with Gasteiger partial charge in [0.15, 0.2) is 11.5 Å². The number of aryl methyl sites for hydroxylation is 1. The van der Waals surface area contributed by atoms with E-state index in [0.717, 1.165) is 55.1 Å². The summed E-state index contributed by atoms with van der Waals surface area (Å²) in [5, 5.41) is 0. The number of fused-ring (bicyclic) bond motifs is 1. The molecule has 2 aromatic rings. The second kappa shape index (κ2) is 7.99. The van der Waals surface area contributed by atoms with Crippen molar-refractivity contribution in [3.05, 3.63) is 57.6 Å². The molecule has 5 heteroatoms. The van der Waals surface area contributed by atoms with Gasteiger partial charge in [-0.15, -0.1) is 0 Å². The predicted molar refractivity (Wildman–Crippen MR) is 105 cm³/mol. The smallest absolute Gasteiger partial charge is 0.231 e. The van der Waals surface area contributed by atoms with Crippen molar-refractivity contribution in [1.82, 2.24) is 4.90 Å². The standard InChI is InChI=1S/C21H24BrNO3/c1-15-7-8-16(19(22)10-15)11-23(13-18-5-3-9-24-18)12-17-4-2-6-20-21(17)26-14-25-20/h2,4,6-8,10,18H,3,5,9,11-14H2,1H3. The highest BCUT2D eigenvalue weighted by atomic mass is 79.9. The predicted octanol–water partition coefficient (Wildman–Crippen LogP) is 4.67. The highest BCUT2D eigenvalue weighted by molar-refractivity contribution is 9.10. The summed E-state index contributed by atoms with van der Waals surface area (Å²) in [7, 11) is 0. The van der Waals surface area contributed by atoms with Crippen LogP contribution in [0, 0.1) is 6.92 Å². The Morgan fingerprint density at radius 2 is 2.00 bits per heavy atom. The van der Waals surface area contributed by atoms with Crippen molar-refractivity contribution in [2.75, 3.05) is 19.9 Å². The summed E-state index contributed by atoms with van der Waals surface area (Å²) in [6.07, 6.45) is 2.61. The zero-order valence-electron chi connectivity index (χ0n) is 15.0. The molecule has 0 spiro atoms. The molecule has 2 aliphatic rings. The van der Waals surface area contributed by atoms with E-state index in [2.05, 4.69) is 52.0 Å². The van der Waals surface area contributed by atoms with Gasteiger partial charge in [-0.1, -0.05) is 40.2 Å². The van der Waals surface area contributed by atoms with Crippen molar-refractivity contribution < 1.29 is 14.2 Å². The first-order valence-corrected chi connectivity index (χ1v) is 9.95. The van der Waals surface area contributed by atoms with Crippen LogP contribution in [0.2, 0.25) is 0 Å². The van der Waals surface area contributed by atoms with Gasteiger partial charge in [-0.25, -0.2) is 0 Å². The van der Waals surface area contributed by atoms with Gasteiger partial charge < -0.3 is 14.2 Å². The maximum Gasteiger partial charge on any atom is 0.231 e. The SMILES string of the molecule is Cc1ccc(CN(Cc2cccc3c2OCO3)CC2CCCO2)c(Br)c1. The molecule has 0 amide bonds. The largest absolute Gasteiger partial charge is 0.454 e. The minimum atomic E-state index is 0.307. The molecule has 1 saturated heterocycles. The average molecular weight is 418 g/mol. The Labute approximate surface area is 163 Å². The van der Waals surface area contributed by atoms with Crippen LogP contribution in [0.1, 0.15) is 29.5 Å². The molecule has 0 aliphatic carbocycles. The Kier molecular flexibility index (Phi) is 5.48. The Balaban J connectivity index is 1.55. The molecule has 0 N–H and O–H groups in total. The van der Waals surface area contributed by atoms with Crippen molar-refractivity contribution in [2.45, 2.75) is 39.0 Å². The summed E-state index contributed by atoms with van der Waals surface area (Å²) in [5.41, 5.74) is 3.72. The first-order valence-electron chi connectivity index (χ1n) is 9.15. The maximum absolute atomic E-state index is 5.89. The number of hydrogen-bond acceptors (Lipinski definition) is 4. The number of para-hydroxylation sites is 1. The molecule has 1 unspecified atom stereocenters. The van der Waals surface area contributed by atoms with Crippen molar-refractivity contribution in [1.29, 1.82) is 0 Å². The Morgan fingerprint density at radius 3 is 2.81 bits per heavy atom. The van der Waals surface area contributed by atoms with E-state index >= 15 is 0 Å². The molecule has 1 fully saturated rings. The van der Waals surface area contributed by atoms with Gasteiger partial charge in [0.2, 0.25) is 6.79 Å². The van der Waals surface area contributed by atoms with Gasteiger partial charge >= 0.3 is 0 Å². The lowest BCUT2D eigenvalue weighted by Gasteiger charge is -2.26. The van der Waals surface area contributed by atoms with Gasteiger partial charge in [-0.05, 0) is 43.0 Å². The molecule has 2 heterocycles. The van der Waals surface area contributed by atoms with Gasteiger partial charge in [0.1, 0.15) is 0 Å². The lowest BCUT2D eigenvalue weighted by atomic mass is 10.1. The second-order valence-corrected chi connectivity index (χ2v) is 7.90. The number of benzene rings is 2. The van der Waals surface area contributed by atoms with Gasteiger partial charge in [-0.2, -0.15) is 0 Å². The molecule has 4 nitrogen and oxygen atoms in total. The number of hydrogen-bond donors (Lipinski definition) is 0. The van der Waals surface area contributed by atoms with E-state index in [1.165, 1.54) is 16.7 Å². The van der Waals surface area contributed by atoms with Crippen LogP contribution in [0.25, 0.3) is 0 Å². The van der Waals surface area contributed by atoms with Crippen molar-refractivity contribution >= 4 is 15.9 Å². The highest BCUT2D eigenvalue weighted by Gasteiger charge is 2.23. The van der Waals surface area contributed by atoms with E-state index in [1.54, 1.807) is 0 Å². The molecule has 1 atom stereocenters. The fraction of sp³-hybridized carbons (Fsp3) is 0.429. The first-order chi connectivity index (χ1) is 12.7. The Hall–Kier alpha value is -1.56. The number of nitrogens with zero attached hydrogens (tertiary/aromatic N) is 1. The lowest BCUT2D eigenvalue weighted by molar-refractivity contribution is 0.0674. The summed E-state index contributed by atoms with van der Waals surface area (Å²) in [6, 6.07) is 12.7. The van der Waals surface area contributed by atoms with Crippen molar-refractivity contribution in [3.8, 4) is 11.5 Å². The molecule has 0 bridgehead atoms. The fourth-order valence-electron chi connectivity index (χ4n) is 3.64. The minimum absolute atomic E-state index is 0.307. The van der Waals surface area contributed by atoms with E-state index in [1.807, 2.05) is 12.1 Å². The summed E-state index contributed by atoms with van der Waals surface area (Å²) >= 11 is 3.72. The molecule has 2 aromatic carbocycles. The quantitative estimate of drug-likeness (QED) is 0.683. The normalized spacial score (nSPS) is 18.7. The second-order valence-electron chi connectivity index (χ2n) is 7.05. The third kappa shape index (κ3) is 4.05. The topological polar surface area (TPSA) is 30.9 Å². The monoisotopic (exact) mass is 417 g/mol. The van der Waals surface area contributed by atoms with Gasteiger partial charge in [-0.3, -0.25) is 4.90 Å². The molecule has 0 saturated carbocycles. The van der Waals surface area contributed by atoms with Crippen LogP contribution in [-0.2, 0) is 17.8 Å². The van der Waals surface area contributed by atoms with E-state index in [0.29, 0.717) is 12.9 Å². The van der Waals surface area contributed by atoms with Crippen LogP contribution < -0.4 is 9.47 Å². The molecular formula is C21H24BrNO3. The lowest BCUT2D eigenvalue weighted by Crippen LogP contribution is -2.31. The first kappa shape index (κ1) is 17.8. The molecule has 26 heavy (non-hydrogen) atoms. The van der Waals surface area contributed by atoms with Crippen molar-refractivity contribution in [3.63, 3.8) is 0 Å². The molecule has 2 aliphatic heterocycles. The average Bonchev–Trinajstić information content (AvgIpc) is 3.29. The van der Waals surface area contributed by atoms with Crippen LogP contribution in [0.4, 0.5) is 0 Å². The molecule has 4 rings (SSSR count). The van der Waals surface area contributed by atoms with Crippen LogP contribution in [0.3, 0.4) is 0 Å². The van der Waals surface area contributed by atoms with Crippen LogP contribution in [-0.4, -0.2) is 30.9 Å². The van der Waals surface area contributed by atoms with E-state index < -0.39 is 0 Å². The van der Waals surface area contributed by atoms with E-state index in [4.69, 9.17) is 14.2 Å². The summed E-state index contributed by atoms with van der Waals surface area (Å²) in [5.74, 6) is 1.73. The Morgan fingerprint density at radius 1 is 1.12 bits per heavy atom. The van der Waals surface area contributed by atoms with E-state index in [9.17, 15) is 0 Å². The highest BCUT2D eigenvalue weighted by Crippen LogP contribution is 2.36. The van der Waals surface area contributed by atoms with Crippen LogP contribution in [0.5, 0.6) is 11.5 Å². The number of rotatable bonds is 6. The fourth-order valence-corrected chi connectivity index (χ4v) is 4.26. The molecule has 0 radical (unpaired) electrons. The van der Waals surface area contributed by atoms with Crippen molar-refractivity contribution in [2.24, 2.45) is 0 Å². The van der Waals surface area contributed by atoms with Gasteiger partial charge in [0.25, 0.3) is 0 Å². The number of ether oxygens (including phenoxy) is 3. The zero-order chi connectivity index (χ0) is 17.9. The van der Waals surface area contributed by atoms with Gasteiger partial charge in [0.05, 0.1) is 6.10 Å². The summed E-state index contributed by atoms with van der Waals surface area (Å²) in [4.78, 5) is 2.45. The minimum Gasteiger partial charge on any atom is -0.454 e. The molecule has 0 aromatic heterocycles. The zero-order valence-corrected chi connectivity index (χ0v) is 16.6. The molecular weight excluding hydrogens is 394 g/mol. The summed E-state index contributed by atoms with van der Waals surface area (Å²) in [6.45, 7) is 5.90.